The monoisotopic (exact) mass is 289 g/mol. The third-order valence-corrected chi connectivity index (χ3v) is 3.94. The Bertz CT molecular complexity index is 452. The molecule has 1 fully saturated rings. The summed E-state index contributed by atoms with van der Waals surface area (Å²) in [6.07, 6.45) is -0.366. The molecule has 1 saturated carbocycles. The summed E-state index contributed by atoms with van der Waals surface area (Å²) in [6, 6.07) is 3.19. The van der Waals surface area contributed by atoms with Gasteiger partial charge in [0.1, 0.15) is 5.82 Å². The van der Waals surface area contributed by atoms with E-state index < -0.39 is 17.6 Å². The first-order valence-corrected chi connectivity index (χ1v) is 7.01. The summed E-state index contributed by atoms with van der Waals surface area (Å²) in [6.45, 7) is 2.60. The number of halogens is 4. The lowest BCUT2D eigenvalue weighted by Crippen LogP contribution is -2.26. The lowest BCUT2D eigenvalue weighted by molar-refractivity contribution is -0.140. The summed E-state index contributed by atoms with van der Waals surface area (Å²) in [5, 5.41) is 3.21. The Labute approximate surface area is 116 Å². The zero-order chi connectivity index (χ0) is 14.8. The average molecular weight is 289 g/mol. The predicted molar refractivity (Wildman–Crippen MR) is 69.8 cm³/mol. The minimum atomic E-state index is -4.65. The molecule has 1 unspecified atom stereocenters. The SMILES string of the molecule is CCNC(CC1CCC1)c1ccc(F)c(C(F)(F)F)c1. The lowest BCUT2D eigenvalue weighted by Gasteiger charge is -2.30. The third kappa shape index (κ3) is 3.51. The minimum absolute atomic E-state index is 0.132. The first-order valence-electron chi connectivity index (χ1n) is 7.01. The van der Waals surface area contributed by atoms with Crippen molar-refractivity contribution in [3.8, 4) is 0 Å². The molecule has 20 heavy (non-hydrogen) atoms. The van der Waals surface area contributed by atoms with Crippen LogP contribution in [0.3, 0.4) is 0 Å². The summed E-state index contributed by atoms with van der Waals surface area (Å²) in [5.41, 5.74) is -0.654. The molecule has 1 aromatic carbocycles. The standard InChI is InChI=1S/C15H19F4N/c1-2-20-14(8-10-4-3-5-10)11-6-7-13(16)12(9-11)15(17,18)19/h6-7,9-10,14,20H,2-5,8H2,1H3. The van der Waals surface area contributed by atoms with Gasteiger partial charge in [-0.05, 0) is 36.6 Å². The quantitative estimate of drug-likeness (QED) is 0.776. The highest BCUT2D eigenvalue weighted by atomic mass is 19.4. The Balaban J connectivity index is 2.23. The molecule has 0 amide bonds. The maximum atomic E-state index is 13.3. The van der Waals surface area contributed by atoms with Gasteiger partial charge >= 0.3 is 6.18 Å². The molecule has 1 nitrogen and oxygen atoms in total. The zero-order valence-electron chi connectivity index (χ0n) is 11.4. The van der Waals surface area contributed by atoms with E-state index in [-0.39, 0.29) is 6.04 Å². The van der Waals surface area contributed by atoms with Crippen molar-refractivity contribution in [3.63, 3.8) is 0 Å². The molecule has 2 rings (SSSR count). The number of hydrogen-bond acceptors (Lipinski definition) is 1. The van der Waals surface area contributed by atoms with Crippen molar-refractivity contribution in [2.75, 3.05) is 6.54 Å². The molecule has 0 saturated heterocycles. The Morgan fingerprint density at radius 1 is 1.30 bits per heavy atom. The second-order valence-electron chi connectivity index (χ2n) is 5.38. The van der Waals surface area contributed by atoms with Gasteiger partial charge in [0.05, 0.1) is 5.56 Å². The number of rotatable bonds is 5. The lowest BCUT2D eigenvalue weighted by atomic mass is 9.79. The van der Waals surface area contributed by atoms with Crippen LogP contribution >= 0.6 is 0 Å². The average Bonchev–Trinajstić information content (AvgIpc) is 2.31. The predicted octanol–water partition coefficient (Wildman–Crippen LogP) is 4.69. The second kappa shape index (κ2) is 6.12. The van der Waals surface area contributed by atoms with Crippen LogP contribution in [0, 0.1) is 11.7 Å². The van der Waals surface area contributed by atoms with Crippen LogP contribution in [0.5, 0.6) is 0 Å². The molecule has 1 atom stereocenters. The van der Waals surface area contributed by atoms with Crippen LogP contribution in [-0.4, -0.2) is 6.54 Å². The van der Waals surface area contributed by atoms with Gasteiger partial charge in [0, 0.05) is 6.04 Å². The van der Waals surface area contributed by atoms with Crippen LogP contribution in [0.4, 0.5) is 17.6 Å². The van der Waals surface area contributed by atoms with Gasteiger partial charge in [-0.25, -0.2) is 4.39 Å². The van der Waals surface area contributed by atoms with Gasteiger partial charge in [-0.3, -0.25) is 0 Å². The highest BCUT2D eigenvalue weighted by Gasteiger charge is 2.35. The highest BCUT2D eigenvalue weighted by Crippen LogP contribution is 2.37. The van der Waals surface area contributed by atoms with Crippen LogP contribution in [0.25, 0.3) is 0 Å². The van der Waals surface area contributed by atoms with Crippen molar-refractivity contribution < 1.29 is 17.6 Å². The summed E-state index contributed by atoms with van der Waals surface area (Å²) in [4.78, 5) is 0. The third-order valence-electron chi connectivity index (χ3n) is 3.94. The molecule has 1 aromatic rings. The van der Waals surface area contributed by atoms with Crippen LogP contribution in [0.1, 0.15) is 49.8 Å². The van der Waals surface area contributed by atoms with E-state index in [9.17, 15) is 17.6 Å². The molecule has 0 aliphatic heterocycles. The molecular weight excluding hydrogens is 270 g/mol. The van der Waals surface area contributed by atoms with Crippen molar-refractivity contribution in [3.05, 3.63) is 35.1 Å². The van der Waals surface area contributed by atoms with Crippen molar-refractivity contribution in [2.24, 2.45) is 5.92 Å². The molecule has 0 radical (unpaired) electrons. The van der Waals surface area contributed by atoms with Crippen LogP contribution in [0.2, 0.25) is 0 Å². The highest BCUT2D eigenvalue weighted by molar-refractivity contribution is 5.29. The van der Waals surface area contributed by atoms with E-state index >= 15 is 0 Å². The van der Waals surface area contributed by atoms with Gasteiger partial charge in [-0.1, -0.05) is 32.3 Å². The number of hydrogen-bond donors (Lipinski definition) is 1. The number of benzene rings is 1. The van der Waals surface area contributed by atoms with Gasteiger partial charge in [0.25, 0.3) is 0 Å². The molecule has 0 bridgehead atoms. The topological polar surface area (TPSA) is 12.0 Å². The van der Waals surface area contributed by atoms with Crippen molar-refractivity contribution >= 4 is 0 Å². The Morgan fingerprint density at radius 3 is 2.50 bits per heavy atom. The summed E-state index contributed by atoms with van der Waals surface area (Å²) in [7, 11) is 0. The van der Waals surface area contributed by atoms with Crippen LogP contribution in [-0.2, 0) is 6.18 Å². The smallest absolute Gasteiger partial charge is 0.310 e. The van der Waals surface area contributed by atoms with Crippen LogP contribution < -0.4 is 5.32 Å². The van der Waals surface area contributed by atoms with E-state index in [4.69, 9.17) is 0 Å². The molecule has 1 aliphatic rings. The van der Waals surface area contributed by atoms with E-state index in [0.717, 1.165) is 31.4 Å². The van der Waals surface area contributed by atoms with E-state index in [1.807, 2.05) is 6.92 Å². The molecule has 0 aromatic heterocycles. The Kier molecular flexibility index (Phi) is 4.68. The van der Waals surface area contributed by atoms with Gasteiger partial charge < -0.3 is 5.32 Å². The fourth-order valence-electron chi connectivity index (χ4n) is 2.62. The van der Waals surface area contributed by atoms with E-state index in [0.29, 0.717) is 18.0 Å². The molecule has 112 valence electrons. The van der Waals surface area contributed by atoms with E-state index in [1.54, 1.807) is 0 Å². The molecule has 5 heteroatoms. The Hall–Kier alpha value is -1.10. The fraction of sp³-hybridized carbons (Fsp3) is 0.600. The molecule has 0 spiro atoms. The van der Waals surface area contributed by atoms with Gasteiger partial charge in [0.2, 0.25) is 0 Å². The van der Waals surface area contributed by atoms with Gasteiger partial charge in [-0.2, -0.15) is 13.2 Å². The fourth-order valence-corrected chi connectivity index (χ4v) is 2.62. The Morgan fingerprint density at radius 2 is 2.00 bits per heavy atom. The molecule has 0 heterocycles. The maximum absolute atomic E-state index is 13.3. The largest absolute Gasteiger partial charge is 0.419 e. The molecule has 1 aliphatic carbocycles. The summed E-state index contributed by atoms with van der Waals surface area (Å²) in [5.74, 6) is -0.640. The second-order valence-corrected chi connectivity index (χ2v) is 5.38. The van der Waals surface area contributed by atoms with Crippen LogP contribution in [0.15, 0.2) is 18.2 Å². The summed E-state index contributed by atoms with van der Waals surface area (Å²) < 4.78 is 51.6. The van der Waals surface area contributed by atoms with Crippen molar-refractivity contribution in [1.82, 2.24) is 5.32 Å². The zero-order valence-corrected chi connectivity index (χ0v) is 11.4. The number of alkyl halides is 3. The van der Waals surface area contributed by atoms with Crippen molar-refractivity contribution in [2.45, 2.75) is 44.8 Å². The maximum Gasteiger partial charge on any atom is 0.419 e. The summed E-state index contributed by atoms with van der Waals surface area (Å²) >= 11 is 0. The molecular formula is C15H19F4N. The molecule has 1 N–H and O–H groups in total. The van der Waals surface area contributed by atoms with E-state index in [1.165, 1.54) is 12.5 Å². The normalized spacial score (nSPS) is 17.9. The minimum Gasteiger partial charge on any atom is -0.310 e. The van der Waals surface area contributed by atoms with Crippen molar-refractivity contribution in [1.29, 1.82) is 0 Å². The first-order chi connectivity index (χ1) is 9.41. The first kappa shape index (κ1) is 15.3. The number of nitrogens with one attached hydrogen (secondary N) is 1. The van der Waals surface area contributed by atoms with Gasteiger partial charge in [0.15, 0.2) is 0 Å². The van der Waals surface area contributed by atoms with E-state index in [2.05, 4.69) is 5.32 Å². The van der Waals surface area contributed by atoms with Gasteiger partial charge in [-0.15, -0.1) is 0 Å².